The molecule has 0 amide bonds. The van der Waals surface area contributed by atoms with Crippen molar-refractivity contribution in [2.45, 2.75) is 25.8 Å². The first-order valence-corrected chi connectivity index (χ1v) is 6.95. The van der Waals surface area contributed by atoms with Gasteiger partial charge in [0.15, 0.2) is 0 Å². The summed E-state index contributed by atoms with van der Waals surface area (Å²) in [5.41, 5.74) is 8.20. The van der Waals surface area contributed by atoms with Crippen molar-refractivity contribution in [1.82, 2.24) is 4.90 Å². The second-order valence-corrected chi connectivity index (χ2v) is 5.71. The summed E-state index contributed by atoms with van der Waals surface area (Å²) < 4.78 is 0. The summed E-state index contributed by atoms with van der Waals surface area (Å²) in [4.78, 5) is 15.8. The second kappa shape index (κ2) is 5.71. The molecule has 1 aromatic rings. The van der Waals surface area contributed by atoms with Crippen molar-refractivity contribution in [2.75, 3.05) is 37.8 Å². The zero-order valence-corrected chi connectivity index (χ0v) is 12.4. The van der Waals surface area contributed by atoms with E-state index < -0.39 is 5.97 Å². The fourth-order valence-electron chi connectivity index (χ4n) is 2.78. The summed E-state index contributed by atoms with van der Waals surface area (Å²) in [5, 5.41) is 9.22. The molecule has 2 rings (SSSR count). The first-order valence-electron chi connectivity index (χ1n) is 6.95. The van der Waals surface area contributed by atoms with Crippen molar-refractivity contribution in [1.29, 1.82) is 0 Å². The number of nitrogens with two attached hydrogens (primary N) is 1. The molecule has 1 heterocycles. The topological polar surface area (TPSA) is 69.8 Å². The van der Waals surface area contributed by atoms with Crippen LogP contribution in [0.15, 0.2) is 12.1 Å². The molecule has 110 valence electrons. The van der Waals surface area contributed by atoms with Gasteiger partial charge in [-0.2, -0.15) is 0 Å². The number of anilines is 2. The fraction of sp³-hybridized carbons (Fsp3) is 0.533. The lowest BCUT2D eigenvalue weighted by Gasteiger charge is -2.36. The number of carbonyl (C=O) groups is 1. The molecule has 1 aromatic carbocycles. The van der Waals surface area contributed by atoms with Crippen LogP contribution in [0.2, 0.25) is 0 Å². The molecule has 1 saturated heterocycles. The van der Waals surface area contributed by atoms with Crippen LogP contribution < -0.4 is 10.6 Å². The maximum absolute atomic E-state index is 11.2. The number of hydrogen-bond acceptors (Lipinski definition) is 4. The van der Waals surface area contributed by atoms with Crippen molar-refractivity contribution in [2.24, 2.45) is 0 Å². The van der Waals surface area contributed by atoms with Gasteiger partial charge in [-0.15, -0.1) is 0 Å². The summed E-state index contributed by atoms with van der Waals surface area (Å²) in [6.45, 7) is 3.76. The molecular weight excluding hydrogens is 254 g/mol. The van der Waals surface area contributed by atoms with E-state index in [9.17, 15) is 9.90 Å². The second-order valence-electron chi connectivity index (χ2n) is 5.71. The van der Waals surface area contributed by atoms with Gasteiger partial charge in [0.2, 0.25) is 0 Å². The minimum atomic E-state index is -0.962. The molecule has 0 aromatic heterocycles. The Kier molecular flexibility index (Phi) is 4.18. The molecule has 0 saturated carbocycles. The first kappa shape index (κ1) is 14.7. The predicted octanol–water partition coefficient (Wildman–Crippen LogP) is 1.81. The summed E-state index contributed by atoms with van der Waals surface area (Å²) in [6.07, 6.45) is 2.19. The number of carboxylic acid groups (broad SMARTS) is 1. The maximum atomic E-state index is 11.2. The van der Waals surface area contributed by atoms with Crippen LogP contribution in [0.3, 0.4) is 0 Å². The number of rotatable bonds is 3. The van der Waals surface area contributed by atoms with E-state index in [0.29, 0.717) is 11.7 Å². The first-order chi connectivity index (χ1) is 9.40. The minimum absolute atomic E-state index is 0.203. The molecule has 0 spiro atoms. The molecule has 0 aliphatic carbocycles. The van der Waals surface area contributed by atoms with Gasteiger partial charge in [0, 0.05) is 30.5 Å². The van der Waals surface area contributed by atoms with Gasteiger partial charge in [-0.25, -0.2) is 4.79 Å². The number of hydrogen-bond donors (Lipinski definition) is 2. The Hall–Kier alpha value is -1.75. The van der Waals surface area contributed by atoms with Crippen molar-refractivity contribution in [3.8, 4) is 0 Å². The van der Waals surface area contributed by atoms with Gasteiger partial charge in [0.05, 0.1) is 5.56 Å². The van der Waals surface area contributed by atoms with E-state index in [-0.39, 0.29) is 5.56 Å². The Labute approximate surface area is 120 Å². The van der Waals surface area contributed by atoms with Gasteiger partial charge in [-0.05, 0) is 51.6 Å². The van der Waals surface area contributed by atoms with Crippen LogP contribution in [-0.2, 0) is 0 Å². The quantitative estimate of drug-likeness (QED) is 0.825. The molecule has 0 atom stereocenters. The van der Waals surface area contributed by atoms with Gasteiger partial charge < -0.3 is 20.6 Å². The predicted molar refractivity (Wildman–Crippen MR) is 81.5 cm³/mol. The highest BCUT2D eigenvalue weighted by atomic mass is 16.4. The van der Waals surface area contributed by atoms with Crippen molar-refractivity contribution >= 4 is 17.3 Å². The van der Waals surface area contributed by atoms with E-state index in [1.165, 1.54) is 0 Å². The number of aryl methyl sites for hydroxylation is 1. The molecule has 0 unspecified atom stereocenters. The number of carboxylic acids is 1. The smallest absolute Gasteiger partial charge is 0.337 e. The highest BCUT2D eigenvalue weighted by Gasteiger charge is 2.22. The lowest BCUT2D eigenvalue weighted by Crippen LogP contribution is -2.42. The largest absolute Gasteiger partial charge is 0.478 e. The highest BCUT2D eigenvalue weighted by molar-refractivity contribution is 5.95. The van der Waals surface area contributed by atoms with Gasteiger partial charge in [-0.1, -0.05) is 0 Å². The minimum Gasteiger partial charge on any atom is -0.478 e. The number of nitrogens with zero attached hydrogens (tertiary/aromatic N) is 2. The van der Waals surface area contributed by atoms with E-state index in [1.54, 1.807) is 6.07 Å². The molecule has 5 heteroatoms. The zero-order valence-electron chi connectivity index (χ0n) is 12.4. The van der Waals surface area contributed by atoms with Crippen LogP contribution in [0.4, 0.5) is 11.4 Å². The van der Waals surface area contributed by atoms with Gasteiger partial charge in [0.25, 0.3) is 0 Å². The van der Waals surface area contributed by atoms with Gasteiger partial charge in [-0.3, -0.25) is 0 Å². The Morgan fingerprint density at radius 2 is 1.95 bits per heavy atom. The Balaban J connectivity index is 2.20. The molecule has 0 radical (unpaired) electrons. The average Bonchev–Trinajstić information content (AvgIpc) is 2.41. The monoisotopic (exact) mass is 277 g/mol. The van der Waals surface area contributed by atoms with Crippen LogP contribution >= 0.6 is 0 Å². The van der Waals surface area contributed by atoms with Crippen LogP contribution in [0.1, 0.15) is 28.8 Å². The molecule has 0 bridgehead atoms. The van der Waals surface area contributed by atoms with Crippen LogP contribution in [0, 0.1) is 6.92 Å². The van der Waals surface area contributed by atoms with Crippen molar-refractivity contribution in [3.63, 3.8) is 0 Å². The molecule has 20 heavy (non-hydrogen) atoms. The van der Waals surface area contributed by atoms with E-state index in [4.69, 9.17) is 5.73 Å². The molecule has 5 nitrogen and oxygen atoms in total. The van der Waals surface area contributed by atoms with Crippen LogP contribution in [0.5, 0.6) is 0 Å². The van der Waals surface area contributed by atoms with Crippen LogP contribution in [0.25, 0.3) is 0 Å². The van der Waals surface area contributed by atoms with Crippen molar-refractivity contribution < 1.29 is 9.90 Å². The SMILES string of the molecule is Cc1cc(N2CCC(N(C)C)CC2)cc(C(=O)O)c1N. The number of piperidine rings is 1. The number of nitrogen functional groups attached to an aromatic ring is 1. The van der Waals surface area contributed by atoms with Crippen molar-refractivity contribution in [3.05, 3.63) is 23.3 Å². The molecule has 1 aliphatic rings. The summed E-state index contributed by atoms with van der Waals surface area (Å²) in [5.74, 6) is -0.962. The third-order valence-corrected chi connectivity index (χ3v) is 4.16. The van der Waals surface area contributed by atoms with E-state index >= 15 is 0 Å². The maximum Gasteiger partial charge on any atom is 0.337 e. The Morgan fingerprint density at radius 1 is 1.35 bits per heavy atom. The highest BCUT2D eigenvalue weighted by Crippen LogP contribution is 2.28. The third-order valence-electron chi connectivity index (χ3n) is 4.16. The summed E-state index contributed by atoms with van der Waals surface area (Å²) in [6, 6.07) is 4.29. The van der Waals surface area contributed by atoms with Crippen LogP contribution in [-0.4, -0.2) is 49.2 Å². The van der Waals surface area contributed by atoms with Gasteiger partial charge >= 0.3 is 5.97 Å². The zero-order chi connectivity index (χ0) is 14.9. The van der Waals surface area contributed by atoms with E-state index in [1.807, 2.05) is 13.0 Å². The van der Waals surface area contributed by atoms with E-state index in [2.05, 4.69) is 23.9 Å². The summed E-state index contributed by atoms with van der Waals surface area (Å²) in [7, 11) is 4.21. The standard InChI is InChI=1S/C15H23N3O2/c1-10-8-12(9-13(14(10)16)15(19)20)18-6-4-11(5-7-18)17(2)3/h8-9,11H,4-7,16H2,1-3H3,(H,19,20). The number of benzene rings is 1. The summed E-state index contributed by atoms with van der Waals surface area (Å²) >= 11 is 0. The molecule has 1 aliphatic heterocycles. The molecule has 3 N–H and O–H groups in total. The molecule has 1 fully saturated rings. The van der Waals surface area contributed by atoms with Gasteiger partial charge in [0.1, 0.15) is 0 Å². The lowest BCUT2D eigenvalue weighted by molar-refractivity contribution is 0.0698. The lowest BCUT2D eigenvalue weighted by atomic mass is 10.0. The van der Waals surface area contributed by atoms with E-state index in [0.717, 1.165) is 37.2 Å². The average molecular weight is 277 g/mol. The normalized spacial score (nSPS) is 16.7. The molecular formula is C15H23N3O2. The third kappa shape index (κ3) is 2.88. The number of aromatic carboxylic acids is 1. The fourth-order valence-corrected chi connectivity index (χ4v) is 2.78. The Morgan fingerprint density at radius 3 is 2.45 bits per heavy atom. The Bertz CT molecular complexity index is 506.